The fourth-order valence-electron chi connectivity index (χ4n) is 4.97. The van der Waals surface area contributed by atoms with Crippen LogP contribution in [0.15, 0.2) is 18.2 Å². The Bertz CT molecular complexity index is 862. The van der Waals surface area contributed by atoms with Crippen molar-refractivity contribution in [3.8, 4) is 0 Å². The molecule has 0 aliphatic heterocycles. The van der Waals surface area contributed by atoms with Gasteiger partial charge in [-0.2, -0.15) is 0 Å². The fraction of sp³-hybridized carbons (Fsp3) is 0.640. The number of hydrogen-bond donors (Lipinski definition) is 1. The van der Waals surface area contributed by atoms with Crippen LogP contribution in [0.2, 0.25) is 0 Å². The van der Waals surface area contributed by atoms with Gasteiger partial charge in [-0.15, -0.1) is 10.2 Å². The second kappa shape index (κ2) is 9.76. The molecule has 5 nitrogen and oxygen atoms in total. The van der Waals surface area contributed by atoms with Gasteiger partial charge in [0.15, 0.2) is 0 Å². The van der Waals surface area contributed by atoms with E-state index in [4.69, 9.17) is 0 Å². The number of amides is 1. The van der Waals surface area contributed by atoms with Gasteiger partial charge in [-0.3, -0.25) is 4.79 Å². The van der Waals surface area contributed by atoms with Crippen LogP contribution in [0.5, 0.6) is 0 Å². The molecular weight excluding hydrogens is 372 g/mol. The molecule has 1 N–H and O–H groups in total. The zero-order chi connectivity index (χ0) is 20.9. The zero-order valence-electron chi connectivity index (χ0n) is 18.6. The number of carbonyl (C=O) groups excluding carboxylic acids is 1. The average Bonchev–Trinajstić information content (AvgIpc) is 3.09. The quantitative estimate of drug-likeness (QED) is 0.609. The molecular formula is C25H36N4O. The predicted octanol–water partition coefficient (Wildman–Crippen LogP) is 5.70. The minimum absolute atomic E-state index is 0.0499. The molecule has 0 atom stereocenters. The summed E-state index contributed by atoms with van der Waals surface area (Å²) in [5.74, 6) is 3.05. The molecule has 30 heavy (non-hydrogen) atoms. The van der Waals surface area contributed by atoms with Crippen molar-refractivity contribution in [2.45, 2.75) is 96.9 Å². The lowest BCUT2D eigenvalue weighted by molar-refractivity contribution is -0.116. The van der Waals surface area contributed by atoms with E-state index < -0.39 is 0 Å². The highest BCUT2D eigenvalue weighted by Crippen LogP contribution is 2.34. The molecule has 0 spiro atoms. The predicted molar refractivity (Wildman–Crippen MR) is 121 cm³/mol. The molecule has 1 aromatic heterocycles. The Hall–Kier alpha value is -2.17. The van der Waals surface area contributed by atoms with Gasteiger partial charge < -0.3 is 9.88 Å². The molecule has 1 aromatic carbocycles. The summed E-state index contributed by atoms with van der Waals surface area (Å²) in [6.07, 6.45) is 14.0. The van der Waals surface area contributed by atoms with E-state index in [1.165, 1.54) is 63.4 Å². The minimum Gasteiger partial charge on any atom is -0.326 e. The minimum atomic E-state index is 0.0499. The molecule has 0 saturated heterocycles. The molecule has 2 saturated carbocycles. The van der Waals surface area contributed by atoms with Gasteiger partial charge in [0.1, 0.15) is 11.6 Å². The number of aryl methyl sites for hydroxylation is 4. The number of nitrogens with zero attached hydrogens (tertiary/aromatic N) is 3. The fourth-order valence-corrected chi connectivity index (χ4v) is 4.97. The Morgan fingerprint density at radius 2 is 1.73 bits per heavy atom. The van der Waals surface area contributed by atoms with Crippen LogP contribution >= 0.6 is 0 Å². The van der Waals surface area contributed by atoms with Crippen LogP contribution in [0.25, 0.3) is 0 Å². The molecule has 2 aromatic rings. The summed E-state index contributed by atoms with van der Waals surface area (Å²) in [5, 5.41) is 12.2. The molecule has 1 heterocycles. The number of benzene rings is 1. The highest BCUT2D eigenvalue weighted by Gasteiger charge is 2.26. The second-order valence-electron chi connectivity index (χ2n) is 9.40. The van der Waals surface area contributed by atoms with Gasteiger partial charge in [0.2, 0.25) is 5.91 Å². The first-order chi connectivity index (χ1) is 14.6. The molecule has 5 heteroatoms. The normalized spacial score (nSPS) is 17.7. The van der Waals surface area contributed by atoms with Crippen molar-refractivity contribution in [2.75, 3.05) is 5.32 Å². The van der Waals surface area contributed by atoms with Gasteiger partial charge in [-0.25, -0.2) is 0 Å². The van der Waals surface area contributed by atoms with Crippen molar-refractivity contribution in [1.82, 2.24) is 14.8 Å². The molecule has 2 fully saturated rings. The highest BCUT2D eigenvalue weighted by molar-refractivity contribution is 5.91. The van der Waals surface area contributed by atoms with Gasteiger partial charge >= 0.3 is 0 Å². The third-order valence-electron chi connectivity index (χ3n) is 7.01. The number of carbonyl (C=O) groups is 1. The first-order valence-corrected chi connectivity index (χ1v) is 11.9. The third kappa shape index (κ3) is 5.11. The van der Waals surface area contributed by atoms with Crippen LogP contribution in [0.1, 0.15) is 93.0 Å². The van der Waals surface area contributed by atoms with Gasteiger partial charge in [0, 0.05) is 31.0 Å². The highest BCUT2D eigenvalue weighted by atomic mass is 16.1. The molecule has 4 rings (SSSR count). The van der Waals surface area contributed by atoms with E-state index in [-0.39, 0.29) is 5.91 Å². The maximum atomic E-state index is 12.6. The van der Waals surface area contributed by atoms with Crippen LogP contribution in [-0.2, 0) is 17.6 Å². The first kappa shape index (κ1) is 21.1. The van der Waals surface area contributed by atoms with E-state index in [2.05, 4.69) is 33.1 Å². The van der Waals surface area contributed by atoms with Crippen molar-refractivity contribution >= 4 is 11.6 Å². The summed E-state index contributed by atoms with van der Waals surface area (Å²) < 4.78 is 2.39. The zero-order valence-corrected chi connectivity index (χ0v) is 18.6. The maximum absolute atomic E-state index is 12.6. The van der Waals surface area contributed by atoms with E-state index in [0.717, 1.165) is 35.2 Å². The van der Waals surface area contributed by atoms with Gasteiger partial charge in [-0.1, -0.05) is 49.8 Å². The summed E-state index contributed by atoms with van der Waals surface area (Å²) in [5.41, 5.74) is 3.21. The molecule has 1 amide bonds. The number of aromatic nitrogens is 3. The summed E-state index contributed by atoms with van der Waals surface area (Å²) in [6, 6.07) is 6.66. The van der Waals surface area contributed by atoms with Crippen molar-refractivity contribution in [3.63, 3.8) is 0 Å². The first-order valence-electron chi connectivity index (χ1n) is 11.9. The number of hydrogen-bond acceptors (Lipinski definition) is 3. The maximum Gasteiger partial charge on any atom is 0.224 e. The summed E-state index contributed by atoms with van der Waals surface area (Å²) in [4.78, 5) is 12.6. The number of anilines is 1. The Balaban J connectivity index is 1.37. The van der Waals surface area contributed by atoms with Crippen LogP contribution in [0, 0.1) is 19.8 Å². The Morgan fingerprint density at radius 1 is 1.00 bits per heavy atom. The van der Waals surface area contributed by atoms with Crippen molar-refractivity contribution in [1.29, 1.82) is 0 Å². The molecule has 0 bridgehead atoms. The Morgan fingerprint density at radius 3 is 2.40 bits per heavy atom. The van der Waals surface area contributed by atoms with E-state index in [1.54, 1.807) is 0 Å². The lowest BCUT2D eigenvalue weighted by Gasteiger charge is -2.30. The van der Waals surface area contributed by atoms with E-state index in [9.17, 15) is 4.79 Å². The topological polar surface area (TPSA) is 59.8 Å². The molecule has 0 radical (unpaired) electrons. The molecule has 2 aliphatic rings. The third-order valence-corrected chi connectivity index (χ3v) is 7.01. The lowest BCUT2D eigenvalue weighted by Crippen LogP contribution is -2.23. The van der Waals surface area contributed by atoms with E-state index >= 15 is 0 Å². The summed E-state index contributed by atoms with van der Waals surface area (Å²) in [6.45, 7) is 4.10. The summed E-state index contributed by atoms with van der Waals surface area (Å²) >= 11 is 0. The Labute approximate surface area is 180 Å². The Kier molecular flexibility index (Phi) is 6.86. The van der Waals surface area contributed by atoms with Crippen molar-refractivity contribution in [3.05, 3.63) is 41.0 Å². The standard InChI is InChI=1S/C25H36N4O/c1-18-11-13-22(19(2)17-18)26-25(30)16-15-24-28-27-23(29(24)21-9-6-10-21)14-12-20-7-4-3-5-8-20/h11,13,17,20-21H,3-10,12,14-16H2,1-2H3,(H,26,30). The SMILES string of the molecule is Cc1ccc(NC(=O)CCc2nnc(CCC3CCCCC3)n2C2CCC2)c(C)c1. The van der Waals surface area contributed by atoms with Crippen molar-refractivity contribution < 1.29 is 4.79 Å². The van der Waals surface area contributed by atoms with E-state index in [1.807, 2.05) is 19.1 Å². The van der Waals surface area contributed by atoms with Crippen LogP contribution < -0.4 is 5.32 Å². The molecule has 0 unspecified atom stereocenters. The van der Waals surface area contributed by atoms with Gasteiger partial charge in [0.05, 0.1) is 0 Å². The monoisotopic (exact) mass is 408 g/mol. The van der Waals surface area contributed by atoms with Gasteiger partial charge in [-0.05, 0) is 57.1 Å². The second-order valence-corrected chi connectivity index (χ2v) is 9.40. The van der Waals surface area contributed by atoms with Gasteiger partial charge in [0.25, 0.3) is 0 Å². The van der Waals surface area contributed by atoms with E-state index in [0.29, 0.717) is 18.9 Å². The molecule has 2 aliphatic carbocycles. The van der Waals surface area contributed by atoms with Crippen LogP contribution in [-0.4, -0.2) is 20.7 Å². The smallest absolute Gasteiger partial charge is 0.224 e. The van der Waals surface area contributed by atoms with Crippen LogP contribution in [0.3, 0.4) is 0 Å². The van der Waals surface area contributed by atoms with Crippen molar-refractivity contribution in [2.24, 2.45) is 5.92 Å². The largest absolute Gasteiger partial charge is 0.326 e. The van der Waals surface area contributed by atoms with Crippen LogP contribution in [0.4, 0.5) is 5.69 Å². The lowest BCUT2D eigenvalue weighted by atomic mass is 9.86. The number of nitrogens with one attached hydrogen (secondary N) is 1. The summed E-state index contributed by atoms with van der Waals surface area (Å²) in [7, 11) is 0. The number of rotatable bonds is 8. The average molecular weight is 409 g/mol. The molecule has 162 valence electrons.